The number of nitrogens with one attached hydrogen (secondary N) is 1. The van der Waals surface area contributed by atoms with Gasteiger partial charge in [-0.05, 0) is 25.1 Å². The Kier molecular flexibility index (Phi) is 5.00. The lowest BCUT2D eigenvalue weighted by molar-refractivity contribution is -0.138. The Balaban J connectivity index is 2.54. The van der Waals surface area contributed by atoms with Crippen LogP contribution in [-0.4, -0.2) is 28.8 Å². The summed E-state index contributed by atoms with van der Waals surface area (Å²) in [5, 5.41) is 21.5. The van der Waals surface area contributed by atoms with Crippen molar-refractivity contribution in [3.8, 4) is 5.75 Å². The Morgan fingerprint density at radius 3 is 2.94 bits per heavy atom. The summed E-state index contributed by atoms with van der Waals surface area (Å²) < 4.78 is 0. The van der Waals surface area contributed by atoms with Gasteiger partial charge in [-0.25, -0.2) is 0 Å². The second-order valence-electron chi connectivity index (χ2n) is 3.57. The average molecular weight is 256 g/mol. The third-order valence-corrected chi connectivity index (χ3v) is 2.43. The maximum Gasteiger partial charge on any atom is 0.320 e. The number of carboxylic acid groups (broad SMARTS) is 1. The lowest BCUT2D eigenvalue weighted by atomic mass is 10.2. The van der Waals surface area contributed by atoms with Crippen LogP contribution in [0, 0.1) is 0 Å². The van der Waals surface area contributed by atoms with Gasteiger partial charge in [0.2, 0.25) is 0 Å². The Morgan fingerprint density at radius 1 is 1.59 bits per heavy atom. The first kappa shape index (κ1) is 13.5. The molecule has 0 saturated carbocycles. The number of halogens is 1. The monoisotopic (exact) mass is 255 g/mol. The molecule has 0 aromatic heterocycles. The van der Waals surface area contributed by atoms with Crippen LogP contribution < -0.4 is 5.32 Å². The quantitative estimate of drug-likeness (QED) is 0.754. The number of aromatic hydroxyl groups is 1. The highest BCUT2D eigenvalue weighted by Gasteiger charge is 2.07. The predicted molar refractivity (Wildman–Crippen MR) is 67.3 cm³/mol. The first-order chi connectivity index (χ1) is 8.00. The molecule has 17 heavy (non-hydrogen) atoms. The highest BCUT2D eigenvalue weighted by molar-refractivity contribution is 6.30. The van der Waals surface area contributed by atoms with Crippen molar-refractivity contribution in [1.82, 2.24) is 5.32 Å². The molecule has 1 rings (SSSR count). The molecule has 3 N–H and O–H groups in total. The van der Waals surface area contributed by atoms with Gasteiger partial charge in [0.05, 0.1) is 0 Å². The fraction of sp³-hybridized carbons (Fsp3) is 0.250. The molecule has 0 aliphatic heterocycles. The summed E-state index contributed by atoms with van der Waals surface area (Å²) in [4.78, 5) is 10.5. The molecule has 5 heteroatoms. The van der Waals surface area contributed by atoms with Gasteiger partial charge in [-0.3, -0.25) is 4.79 Å². The van der Waals surface area contributed by atoms with Gasteiger partial charge in [-0.15, -0.1) is 0 Å². The number of phenolic OH excluding ortho intramolecular Hbond substituents is 1. The number of hydrogen-bond donors (Lipinski definition) is 3. The third-order valence-electron chi connectivity index (χ3n) is 2.20. The van der Waals surface area contributed by atoms with Crippen molar-refractivity contribution in [2.75, 3.05) is 6.54 Å². The van der Waals surface area contributed by atoms with Crippen LogP contribution in [0.3, 0.4) is 0 Å². The van der Waals surface area contributed by atoms with E-state index in [9.17, 15) is 9.90 Å². The minimum atomic E-state index is -0.899. The van der Waals surface area contributed by atoms with Crippen molar-refractivity contribution < 1.29 is 15.0 Å². The van der Waals surface area contributed by atoms with Gasteiger partial charge in [0.25, 0.3) is 0 Å². The normalized spacial score (nSPS) is 12.8. The van der Waals surface area contributed by atoms with Crippen molar-refractivity contribution in [3.63, 3.8) is 0 Å². The van der Waals surface area contributed by atoms with Gasteiger partial charge in [-0.2, -0.15) is 0 Å². The van der Waals surface area contributed by atoms with Gasteiger partial charge < -0.3 is 15.5 Å². The molecular weight excluding hydrogens is 242 g/mol. The molecule has 0 aliphatic rings. The highest BCUT2D eigenvalue weighted by Crippen LogP contribution is 2.22. The number of carboxylic acids is 1. The van der Waals surface area contributed by atoms with E-state index in [1.165, 1.54) is 6.07 Å². The van der Waals surface area contributed by atoms with Crippen LogP contribution in [0.5, 0.6) is 5.75 Å². The van der Waals surface area contributed by atoms with Crippen LogP contribution in [0.4, 0.5) is 0 Å². The van der Waals surface area contributed by atoms with Crippen LogP contribution in [-0.2, 0) is 4.79 Å². The van der Waals surface area contributed by atoms with Crippen LogP contribution in [0.15, 0.2) is 24.3 Å². The Morgan fingerprint density at radius 2 is 2.29 bits per heavy atom. The lowest BCUT2D eigenvalue weighted by Gasteiger charge is -2.05. The zero-order chi connectivity index (χ0) is 12.8. The fourth-order valence-electron chi connectivity index (χ4n) is 1.18. The molecule has 1 unspecified atom stereocenters. The largest absolute Gasteiger partial charge is 0.507 e. The molecule has 0 bridgehead atoms. The van der Waals surface area contributed by atoms with Crippen molar-refractivity contribution in [2.45, 2.75) is 13.0 Å². The second kappa shape index (κ2) is 6.27. The summed E-state index contributed by atoms with van der Waals surface area (Å²) in [5.74, 6) is -0.763. The molecule has 0 spiro atoms. The predicted octanol–water partition coefficient (Wildman–Crippen LogP) is 2.12. The zero-order valence-corrected chi connectivity index (χ0v) is 10.1. The molecular formula is C12H14ClNO3. The maximum absolute atomic E-state index is 10.5. The van der Waals surface area contributed by atoms with Crippen LogP contribution in [0.25, 0.3) is 6.08 Å². The van der Waals surface area contributed by atoms with Crippen LogP contribution in [0.2, 0.25) is 5.02 Å². The van der Waals surface area contributed by atoms with Gasteiger partial charge in [0, 0.05) is 17.1 Å². The van der Waals surface area contributed by atoms with Crippen molar-refractivity contribution in [3.05, 3.63) is 34.9 Å². The lowest BCUT2D eigenvalue weighted by Crippen LogP contribution is -2.33. The maximum atomic E-state index is 10.5. The zero-order valence-electron chi connectivity index (χ0n) is 9.35. The summed E-state index contributed by atoms with van der Waals surface area (Å²) in [6.07, 6.45) is 3.41. The van der Waals surface area contributed by atoms with E-state index in [0.29, 0.717) is 17.1 Å². The summed E-state index contributed by atoms with van der Waals surface area (Å²) in [6, 6.07) is 4.13. The summed E-state index contributed by atoms with van der Waals surface area (Å²) in [6.45, 7) is 1.96. The standard InChI is InChI=1S/C12H14ClNO3/c1-8(12(16)17)14-6-2-3-9-7-10(13)4-5-11(9)15/h2-5,7-8,14-15H,6H2,1H3,(H,16,17). The molecule has 92 valence electrons. The molecule has 0 fully saturated rings. The highest BCUT2D eigenvalue weighted by atomic mass is 35.5. The Bertz CT molecular complexity index is 432. The first-order valence-corrected chi connectivity index (χ1v) is 5.49. The van der Waals surface area contributed by atoms with E-state index in [1.54, 1.807) is 31.2 Å². The number of hydrogen-bond acceptors (Lipinski definition) is 3. The number of carbonyl (C=O) groups is 1. The topological polar surface area (TPSA) is 69.6 Å². The molecule has 0 aliphatic carbocycles. The summed E-state index contributed by atoms with van der Waals surface area (Å²) in [5.41, 5.74) is 0.599. The van der Waals surface area contributed by atoms with E-state index in [-0.39, 0.29) is 5.75 Å². The number of aliphatic carboxylic acids is 1. The van der Waals surface area contributed by atoms with E-state index in [2.05, 4.69) is 5.32 Å². The van der Waals surface area contributed by atoms with E-state index >= 15 is 0 Å². The average Bonchev–Trinajstić information content (AvgIpc) is 2.28. The van der Waals surface area contributed by atoms with Crippen molar-refractivity contribution >= 4 is 23.6 Å². The molecule has 4 nitrogen and oxygen atoms in total. The van der Waals surface area contributed by atoms with Crippen LogP contribution in [0.1, 0.15) is 12.5 Å². The SMILES string of the molecule is CC(NCC=Cc1cc(Cl)ccc1O)C(=O)O. The smallest absolute Gasteiger partial charge is 0.320 e. The van der Waals surface area contributed by atoms with Gasteiger partial charge >= 0.3 is 5.97 Å². The summed E-state index contributed by atoms with van der Waals surface area (Å²) >= 11 is 5.78. The Hall–Kier alpha value is -1.52. The second-order valence-corrected chi connectivity index (χ2v) is 4.01. The minimum absolute atomic E-state index is 0.136. The first-order valence-electron chi connectivity index (χ1n) is 5.12. The molecule has 1 aromatic carbocycles. The van der Waals surface area contributed by atoms with E-state index < -0.39 is 12.0 Å². The number of phenols is 1. The van der Waals surface area contributed by atoms with E-state index in [4.69, 9.17) is 16.7 Å². The fourth-order valence-corrected chi connectivity index (χ4v) is 1.36. The van der Waals surface area contributed by atoms with Crippen LogP contribution >= 0.6 is 11.6 Å². The molecule has 0 saturated heterocycles. The van der Waals surface area contributed by atoms with Crippen molar-refractivity contribution in [1.29, 1.82) is 0 Å². The Labute approximate surface area is 105 Å². The van der Waals surface area contributed by atoms with Crippen molar-refractivity contribution in [2.24, 2.45) is 0 Å². The van der Waals surface area contributed by atoms with E-state index in [1.807, 2.05) is 0 Å². The molecule has 0 amide bonds. The van der Waals surface area contributed by atoms with Gasteiger partial charge in [-0.1, -0.05) is 23.8 Å². The molecule has 0 heterocycles. The molecule has 1 aromatic rings. The molecule has 1 atom stereocenters. The summed E-state index contributed by atoms with van der Waals surface area (Å²) in [7, 11) is 0. The number of benzene rings is 1. The van der Waals surface area contributed by atoms with Gasteiger partial charge in [0.15, 0.2) is 0 Å². The molecule has 0 radical (unpaired) electrons. The minimum Gasteiger partial charge on any atom is -0.507 e. The van der Waals surface area contributed by atoms with Gasteiger partial charge in [0.1, 0.15) is 11.8 Å². The number of rotatable bonds is 5. The third kappa shape index (κ3) is 4.46. The van der Waals surface area contributed by atoms with E-state index in [0.717, 1.165) is 0 Å².